The summed E-state index contributed by atoms with van der Waals surface area (Å²) in [6.07, 6.45) is 0.994. The van der Waals surface area contributed by atoms with Crippen molar-refractivity contribution in [3.05, 3.63) is 29.8 Å². The number of carbonyl (C=O) groups excluding carboxylic acids is 1. The lowest BCUT2D eigenvalue weighted by Gasteiger charge is -2.06. The highest BCUT2D eigenvalue weighted by molar-refractivity contribution is 6.25. The maximum absolute atomic E-state index is 11.9. The van der Waals surface area contributed by atoms with Gasteiger partial charge in [-0.3, -0.25) is 4.79 Å². The van der Waals surface area contributed by atoms with Crippen LogP contribution in [0.5, 0.6) is 5.75 Å². The molecule has 18 heavy (non-hydrogen) atoms. The van der Waals surface area contributed by atoms with Gasteiger partial charge in [-0.2, -0.15) is 8.78 Å². The van der Waals surface area contributed by atoms with Crippen LogP contribution in [0.2, 0.25) is 0 Å². The van der Waals surface area contributed by atoms with Crippen LogP contribution in [0.3, 0.4) is 0 Å². The van der Waals surface area contributed by atoms with Gasteiger partial charge in [0, 0.05) is 6.54 Å². The number of hydrogen-bond donors (Lipinski definition) is 1. The largest absolute Gasteiger partial charge is 0.435 e. The van der Waals surface area contributed by atoms with Crippen LogP contribution in [-0.2, 0) is 16.2 Å². The Morgan fingerprint density at radius 1 is 1.44 bits per heavy atom. The predicted octanol–water partition coefficient (Wildman–Crippen LogP) is 1.54. The minimum atomic E-state index is -2.85. The topological polar surface area (TPSA) is 59.9 Å². The van der Waals surface area contributed by atoms with Gasteiger partial charge in [-0.15, -0.1) is 0 Å². The molecule has 0 saturated carbocycles. The highest BCUT2D eigenvalue weighted by Gasteiger charge is 2.04. The average Bonchev–Trinajstić information content (AvgIpc) is 2.35. The van der Waals surface area contributed by atoms with Crippen molar-refractivity contribution < 1.29 is 23.1 Å². The molecule has 0 atom stereocenters. The zero-order chi connectivity index (χ0) is 13.4. The van der Waals surface area contributed by atoms with E-state index in [1.54, 1.807) is 12.1 Å². The zero-order valence-electron chi connectivity index (χ0n) is 9.60. The van der Waals surface area contributed by atoms with Crippen molar-refractivity contribution in [3.63, 3.8) is 0 Å². The minimum absolute atomic E-state index is 0.0704. The van der Waals surface area contributed by atoms with E-state index >= 15 is 0 Å². The van der Waals surface area contributed by atoms with Crippen LogP contribution < -0.4 is 10.1 Å². The molecule has 5 nitrogen and oxygen atoms in total. The molecular formula is C11H12F2N2O3. The molecule has 0 unspecified atom stereocenters. The van der Waals surface area contributed by atoms with Gasteiger partial charge in [0.25, 0.3) is 5.91 Å². The first-order valence-corrected chi connectivity index (χ1v) is 5.00. The monoisotopic (exact) mass is 258 g/mol. The number of nitrogens with one attached hydrogen (secondary N) is 1. The molecule has 0 heterocycles. The number of carbonyl (C=O) groups is 1. The van der Waals surface area contributed by atoms with E-state index in [1.807, 2.05) is 0 Å². The maximum Gasteiger partial charge on any atom is 0.387 e. The smallest absolute Gasteiger partial charge is 0.387 e. The van der Waals surface area contributed by atoms with E-state index in [-0.39, 0.29) is 12.3 Å². The first-order valence-electron chi connectivity index (χ1n) is 5.00. The second kappa shape index (κ2) is 7.21. The molecule has 0 radical (unpaired) electrons. The van der Waals surface area contributed by atoms with Gasteiger partial charge in [0.05, 0.1) is 0 Å². The van der Waals surface area contributed by atoms with Crippen molar-refractivity contribution in [2.24, 2.45) is 5.16 Å². The van der Waals surface area contributed by atoms with Crippen LogP contribution in [0, 0.1) is 0 Å². The van der Waals surface area contributed by atoms with Crippen molar-refractivity contribution in [1.82, 2.24) is 5.32 Å². The molecule has 7 heteroatoms. The lowest BCUT2D eigenvalue weighted by molar-refractivity contribution is -0.114. The fraction of sp³-hybridized carbons (Fsp3) is 0.273. The summed E-state index contributed by atoms with van der Waals surface area (Å²) in [6, 6.07) is 5.95. The van der Waals surface area contributed by atoms with E-state index in [0.717, 1.165) is 11.8 Å². The number of hydrogen-bond acceptors (Lipinski definition) is 4. The molecule has 1 aromatic carbocycles. The summed E-state index contributed by atoms with van der Waals surface area (Å²) in [7, 11) is 1.32. The molecule has 0 aliphatic heterocycles. The van der Waals surface area contributed by atoms with Crippen LogP contribution in [-0.4, -0.2) is 25.8 Å². The third-order valence-electron chi connectivity index (χ3n) is 1.89. The number of alkyl halides is 2. The van der Waals surface area contributed by atoms with E-state index in [9.17, 15) is 13.6 Å². The summed E-state index contributed by atoms with van der Waals surface area (Å²) in [4.78, 5) is 15.5. The lowest BCUT2D eigenvalue weighted by atomic mass is 10.2. The second-order valence-corrected chi connectivity index (χ2v) is 3.16. The highest BCUT2D eigenvalue weighted by Crippen LogP contribution is 2.14. The quantitative estimate of drug-likeness (QED) is 0.622. The number of nitrogens with zero attached hydrogens (tertiary/aromatic N) is 1. The van der Waals surface area contributed by atoms with Crippen molar-refractivity contribution in [2.75, 3.05) is 7.11 Å². The third kappa shape index (κ3) is 5.24. The van der Waals surface area contributed by atoms with Crippen molar-refractivity contribution in [3.8, 4) is 5.75 Å². The molecule has 98 valence electrons. The second-order valence-electron chi connectivity index (χ2n) is 3.16. The average molecular weight is 258 g/mol. The first-order chi connectivity index (χ1) is 8.61. The van der Waals surface area contributed by atoms with Crippen LogP contribution >= 0.6 is 0 Å². The Hall–Kier alpha value is -2.18. The van der Waals surface area contributed by atoms with E-state index in [1.165, 1.54) is 19.2 Å². The van der Waals surface area contributed by atoms with Gasteiger partial charge in [0.15, 0.2) is 0 Å². The number of ether oxygens (including phenoxy) is 1. The third-order valence-corrected chi connectivity index (χ3v) is 1.89. The van der Waals surface area contributed by atoms with E-state index in [4.69, 9.17) is 0 Å². The first kappa shape index (κ1) is 13.9. The molecule has 0 spiro atoms. The fourth-order valence-electron chi connectivity index (χ4n) is 1.12. The molecule has 0 saturated heterocycles. The molecule has 0 fully saturated rings. The summed E-state index contributed by atoms with van der Waals surface area (Å²) in [6.45, 7) is -2.59. The summed E-state index contributed by atoms with van der Waals surface area (Å²) in [5.41, 5.74) is 0.746. The van der Waals surface area contributed by atoms with Crippen LogP contribution in [0.1, 0.15) is 5.56 Å². The molecule has 0 aliphatic rings. The van der Waals surface area contributed by atoms with E-state index in [2.05, 4.69) is 20.0 Å². The number of benzene rings is 1. The Balaban J connectivity index is 2.44. The molecule has 1 rings (SSSR count). The Morgan fingerprint density at radius 3 is 2.67 bits per heavy atom. The van der Waals surface area contributed by atoms with E-state index in [0.29, 0.717) is 0 Å². The molecule has 0 aromatic heterocycles. The highest BCUT2D eigenvalue weighted by atomic mass is 19.3. The summed E-state index contributed by atoms with van der Waals surface area (Å²) < 4.78 is 28.0. The van der Waals surface area contributed by atoms with Crippen LogP contribution in [0.25, 0.3) is 0 Å². The summed E-state index contributed by atoms with van der Waals surface area (Å²) in [5, 5.41) is 5.83. The standard InChI is InChI=1S/C11H12F2N2O3/c1-17-15-7-10(16)14-6-8-2-4-9(5-3-8)18-11(12)13/h2-5,7,11H,6H2,1H3,(H,14,16). The van der Waals surface area contributed by atoms with E-state index < -0.39 is 12.5 Å². The number of amides is 1. The Kier molecular flexibility index (Phi) is 5.56. The molecule has 1 aromatic rings. The predicted molar refractivity (Wildman–Crippen MR) is 60.4 cm³/mol. The molecule has 0 aliphatic carbocycles. The van der Waals surface area contributed by atoms with Gasteiger partial charge in [0.1, 0.15) is 19.1 Å². The minimum Gasteiger partial charge on any atom is -0.435 e. The molecular weight excluding hydrogens is 246 g/mol. The van der Waals surface area contributed by atoms with Gasteiger partial charge < -0.3 is 14.9 Å². The number of halogens is 2. The van der Waals surface area contributed by atoms with Gasteiger partial charge in [-0.1, -0.05) is 17.3 Å². The summed E-state index contributed by atoms with van der Waals surface area (Å²) in [5.74, 6) is -0.342. The van der Waals surface area contributed by atoms with Crippen molar-refractivity contribution in [1.29, 1.82) is 0 Å². The Morgan fingerprint density at radius 2 is 2.11 bits per heavy atom. The van der Waals surface area contributed by atoms with Crippen LogP contribution in [0.15, 0.2) is 29.4 Å². The maximum atomic E-state index is 11.9. The number of oxime groups is 1. The van der Waals surface area contributed by atoms with Crippen LogP contribution in [0.4, 0.5) is 8.78 Å². The molecule has 1 amide bonds. The number of rotatable bonds is 6. The normalized spacial score (nSPS) is 10.7. The lowest BCUT2D eigenvalue weighted by Crippen LogP contribution is -2.23. The fourth-order valence-corrected chi connectivity index (χ4v) is 1.12. The molecule has 1 N–H and O–H groups in total. The van der Waals surface area contributed by atoms with Crippen molar-refractivity contribution >= 4 is 12.1 Å². The van der Waals surface area contributed by atoms with Gasteiger partial charge in [-0.25, -0.2) is 0 Å². The molecule has 0 bridgehead atoms. The van der Waals surface area contributed by atoms with Gasteiger partial charge in [-0.05, 0) is 17.7 Å². The summed E-state index contributed by atoms with van der Waals surface area (Å²) >= 11 is 0. The SMILES string of the molecule is CON=CC(=O)NCc1ccc(OC(F)F)cc1. The zero-order valence-corrected chi connectivity index (χ0v) is 9.60. The Labute approximate surface area is 102 Å². The van der Waals surface area contributed by atoms with Crippen molar-refractivity contribution in [2.45, 2.75) is 13.2 Å². The van der Waals surface area contributed by atoms with Gasteiger partial charge >= 0.3 is 6.61 Å². The Bertz CT molecular complexity index is 407. The van der Waals surface area contributed by atoms with Gasteiger partial charge in [0.2, 0.25) is 0 Å².